The van der Waals surface area contributed by atoms with Gasteiger partial charge in [-0.15, -0.1) is 0 Å². The Hall–Kier alpha value is -1.59. The Kier molecular flexibility index (Phi) is 1.75. The summed E-state index contributed by atoms with van der Waals surface area (Å²) in [6.07, 6.45) is 0. The van der Waals surface area contributed by atoms with Crippen LogP contribution in [0.4, 0.5) is 11.9 Å². The number of rotatable bonds is 1. The highest BCUT2D eigenvalue weighted by Gasteiger charge is 1.98. The lowest BCUT2D eigenvalue weighted by molar-refractivity contribution is 0.665. The third-order valence-corrected chi connectivity index (χ3v) is 1.30. The normalized spacial score (nSPS) is 9.91. The number of aromatic nitrogens is 3. The van der Waals surface area contributed by atoms with Gasteiger partial charge in [0.2, 0.25) is 17.5 Å². The van der Waals surface area contributed by atoms with Gasteiger partial charge >= 0.3 is 0 Å². The molecule has 1 aromatic rings. The minimum atomic E-state index is 0.0391. The van der Waals surface area contributed by atoms with Crippen LogP contribution in [0.5, 0.6) is 0 Å². The second-order valence-electron chi connectivity index (χ2n) is 2.01. The summed E-state index contributed by atoms with van der Waals surface area (Å²) in [4.78, 5) is 7.31. The lowest BCUT2D eigenvalue weighted by atomic mass is 10.7. The quantitative estimate of drug-likeness (QED) is 0.479. The molecule has 0 spiro atoms. The molecule has 6 nitrogen and oxygen atoms in total. The van der Waals surface area contributed by atoms with Gasteiger partial charge in [0.15, 0.2) is 0 Å². The van der Waals surface area contributed by atoms with E-state index in [0.29, 0.717) is 6.54 Å². The summed E-state index contributed by atoms with van der Waals surface area (Å²) in [6.45, 7) is 2.43. The van der Waals surface area contributed by atoms with Crippen molar-refractivity contribution in [3.63, 3.8) is 0 Å². The van der Waals surface area contributed by atoms with Crippen molar-refractivity contribution >= 4 is 11.9 Å². The van der Waals surface area contributed by atoms with Crippen LogP contribution in [-0.2, 0) is 6.54 Å². The summed E-state index contributed by atoms with van der Waals surface area (Å²) in [5.41, 5.74) is 10.7. The van der Waals surface area contributed by atoms with E-state index in [2.05, 4.69) is 9.97 Å². The van der Waals surface area contributed by atoms with Gasteiger partial charge in [0, 0.05) is 6.54 Å². The third-order valence-electron chi connectivity index (χ3n) is 1.30. The molecule has 6 heteroatoms. The molecule has 1 heterocycles. The largest absolute Gasteiger partial charge is 0.369 e. The van der Waals surface area contributed by atoms with Crippen molar-refractivity contribution in [2.45, 2.75) is 13.5 Å². The average Bonchev–Trinajstić information content (AvgIpc) is 1.85. The van der Waals surface area contributed by atoms with Crippen molar-refractivity contribution in [1.29, 1.82) is 5.41 Å². The van der Waals surface area contributed by atoms with Crippen LogP contribution in [0, 0.1) is 5.41 Å². The van der Waals surface area contributed by atoms with Gasteiger partial charge in [-0.3, -0.25) is 9.98 Å². The Bertz CT molecular complexity index is 313. The molecule has 60 valence electrons. The zero-order valence-corrected chi connectivity index (χ0v) is 6.20. The van der Waals surface area contributed by atoms with E-state index in [9.17, 15) is 0 Å². The van der Waals surface area contributed by atoms with Crippen molar-refractivity contribution in [1.82, 2.24) is 14.5 Å². The minimum absolute atomic E-state index is 0.0391. The molecule has 0 saturated heterocycles. The molecule has 0 aliphatic heterocycles. The molecule has 1 aromatic heterocycles. The molecule has 5 N–H and O–H groups in total. The van der Waals surface area contributed by atoms with Crippen LogP contribution >= 0.6 is 0 Å². The monoisotopic (exact) mass is 154 g/mol. The van der Waals surface area contributed by atoms with E-state index in [0.717, 1.165) is 0 Å². The molecule has 0 aliphatic rings. The van der Waals surface area contributed by atoms with E-state index < -0.39 is 0 Å². The van der Waals surface area contributed by atoms with Gasteiger partial charge in [-0.25, -0.2) is 0 Å². The molecule has 0 amide bonds. The summed E-state index contributed by atoms with van der Waals surface area (Å²) in [5.74, 6) is 0.266. The van der Waals surface area contributed by atoms with Gasteiger partial charge in [-0.05, 0) is 6.92 Å². The van der Waals surface area contributed by atoms with Gasteiger partial charge < -0.3 is 11.5 Å². The van der Waals surface area contributed by atoms with Gasteiger partial charge in [0.05, 0.1) is 0 Å². The minimum Gasteiger partial charge on any atom is -0.369 e. The number of nitrogens with one attached hydrogen (secondary N) is 1. The van der Waals surface area contributed by atoms with E-state index in [1.54, 1.807) is 0 Å². The van der Waals surface area contributed by atoms with Crippen molar-refractivity contribution in [2.24, 2.45) is 0 Å². The van der Waals surface area contributed by atoms with E-state index in [1.807, 2.05) is 6.92 Å². The SMILES string of the molecule is CCn1c(N)nc(N)nc1=N. The Morgan fingerprint density at radius 3 is 2.55 bits per heavy atom. The molecule has 0 saturated carbocycles. The van der Waals surface area contributed by atoms with Crippen LogP contribution < -0.4 is 17.1 Å². The zero-order chi connectivity index (χ0) is 8.43. The summed E-state index contributed by atoms with van der Waals surface area (Å²) in [6, 6.07) is 0. The average molecular weight is 154 g/mol. The first kappa shape index (κ1) is 7.52. The lowest BCUT2D eigenvalue weighted by Gasteiger charge is -2.04. The molecule has 11 heavy (non-hydrogen) atoms. The van der Waals surface area contributed by atoms with Crippen molar-refractivity contribution in [3.05, 3.63) is 5.62 Å². The van der Waals surface area contributed by atoms with E-state index in [1.165, 1.54) is 4.57 Å². The van der Waals surface area contributed by atoms with Gasteiger partial charge in [-0.1, -0.05) is 0 Å². The molecule has 0 bridgehead atoms. The summed E-state index contributed by atoms with van der Waals surface area (Å²) in [7, 11) is 0. The van der Waals surface area contributed by atoms with Crippen LogP contribution in [0.15, 0.2) is 0 Å². The fourth-order valence-corrected chi connectivity index (χ4v) is 0.792. The summed E-state index contributed by atoms with van der Waals surface area (Å²) in [5, 5.41) is 7.30. The van der Waals surface area contributed by atoms with E-state index in [4.69, 9.17) is 16.9 Å². The second-order valence-corrected chi connectivity index (χ2v) is 2.01. The summed E-state index contributed by atoms with van der Waals surface area (Å²) >= 11 is 0. The fourth-order valence-electron chi connectivity index (χ4n) is 0.792. The van der Waals surface area contributed by atoms with Crippen LogP contribution in [0.1, 0.15) is 6.92 Å². The molecule has 0 atom stereocenters. The molecule has 0 aliphatic carbocycles. The van der Waals surface area contributed by atoms with E-state index >= 15 is 0 Å². The van der Waals surface area contributed by atoms with Crippen molar-refractivity contribution in [2.75, 3.05) is 11.5 Å². The Balaban J connectivity index is 3.37. The zero-order valence-electron chi connectivity index (χ0n) is 6.20. The Morgan fingerprint density at radius 2 is 2.09 bits per heavy atom. The Labute approximate surface area is 63.4 Å². The number of hydrogen-bond acceptors (Lipinski definition) is 5. The first-order valence-corrected chi connectivity index (χ1v) is 3.19. The van der Waals surface area contributed by atoms with Gasteiger partial charge in [0.25, 0.3) is 0 Å². The molecule has 0 aromatic carbocycles. The molecule has 1 rings (SSSR count). The van der Waals surface area contributed by atoms with Crippen molar-refractivity contribution in [3.8, 4) is 0 Å². The molecule has 0 fully saturated rings. The third kappa shape index (κ3) is 1.28. The highest BCUT2D eigenvalue weighted by atomic mass is 15.2. The predicted molar refractivity (Wildman–Crippen MR) is 40.4 cm³/mol. The first-order chi connectivity index (χ1) is 5.15. The molecular formula is C5H10N6. The number of nitrogen functional groups attached to an aromatic ring is 2. The molecule has 0 radical (unpaired) electrons. The summed E-state index contributed by atoms with van der Waals surface area (Å²) < 4.78 is 1.45. The van der Waals surface area contributed by atoms with Gasteiger partial charge in [0.1, 0.15) is 0 Å². The Morgan fingerprint density at radius 1 is 1.45 bits per heavy atom. The molecule has 0 unspecified atom stereocenters. The number of hydrogen-bond donors (Lipinski definition) is 3. The predicted octanol–water partition coefficient (Wildman–Crippen LogP) is -1.06. The topological polar surface area (TPSA) is 107 Å². The molecular weight excluding hydrogens is 144 g/mol. The van der Waals surface area contributed by atoms with Crippen LogP contribution in [0.25, 0.3) is 0 Å². The maximum Gasteiger partial charge on any atom is 0.227 e. The first-order valence-electron chi connectivity index (χ1n) is 3.19. The maximum absolute atomic E-state index is 7.30. The van der Waals surface area contributed by atoms with Gasteiger partial charge in [-0.2, -0.15) is 9.97 Å². The van der Waals surface area contributed by atoms with Crippen LogP contribution in [0.2, 0.25) is 0 Å². The van der Waals surface area contributed by atoms with Crippen molar-refractivity contribution < 1.29 is 0 Å². The standard InChI is InChI=1S/C5H10N6/c1-2-11-4(7)9-3(6)10-5(11)8/h2H2,1H3,(H5,6,7,8,9,10). The maximum atomic E-state index is 7.30. The highest BCUT2D eigenvalue weighted by molar-refractivity contribution is 5.24. The van der Waals surface area contributed by atoms with Crippen LogP contribution in [-0.4, -0.2) is 14.5 Å². The number of anilines is 2. The van der Waals surface area contributed by atoms with E-state index in [-0.39, 0.29) is 17.5 Å². The second kappa shape index (κ2) is 2.57. The number of nitrogens with two attached hydrogens (primary N) is 2. The highest BCUT2D eigenvalue weighted by Crippen LogP contribution is 1.93. The smallest absolute Gasteiger partial charge is 0.227 e. The number of nitrogens with zero attached hydrogens (tertiary/aromatic N) is 3. The van der Waals surface area contributed by atoms with Crippen LogP contribution in [0.3, 0.4) is 0 Å². The fraction of sp³-hybridized carbons (Fsp3) is 0.400. The lowest BCUT2D eigenvalue weighted by Crippen LogP contribution is -2.27.